The van der Waals surface area contributed by atoms with Crippen molar-refractivity contribution in [3.63, 3.8) is 0 Å². The van der Waals surface area contributed by atoms with E-state index in [0.717, 1.165) is 38.2 Å². The number of amides is 2. The molecule has 5 nitrogen and oxygen atoms in total. The Morgan fingerprint density at radius 1 is 1.03 bits per heavy atom. The summed E-state index contributed by atoms with van der Waals surface area (Å²) in [6.07, 6.45) is 2.06. The van der Waals surface area contributed by atoms with Gasteiger partial charge in [0.15, 0.2) is 0 Å². The number of rotatable bonds is 3. The maximum atomic E-state index is 13.3. The Hall–Kier alpha value is -3.62. The van der Waals surface area contributed by atoms with Crippen molar-refractivity contribution in [3.05, 3.63) is 95.1 Å². The van der Waals surface area contributed by atoms with Gasteiger partial charge in [0.05, 0.1) is 11.6 Å². The lowest BCUT2D eigenvalue weighted by Gasteiger charge is -2.40. The Kier molecular flexibility index (Phi) is 5.62. The molecule has 1 spiro atoms. The molecule has 3 aromatic carbocycles. The van der Waals surface area contributed by atoms with Gasteiger partial charge in [0.25, 0.3) is 0 Å². The quantitative estimate of drug-likeness (QED) is 0.594. The predicted molar refractivity (Wildman–Crippen MR) is 131 cm³/mol. The molecule has 2 heterocycles. The van der Waals surface area contributed by atoms with Crippen LogP contribution in [0.4, 0.5) is 16.2 Å². The molecule has 0 radical (unpaired) electrons. The van der Waals surface area contributed by atoms with Crippen molar-refractivity contribution in [2.24, 2.45) is 0 Å². The molecule has 0 bridgehead atoms. The maximum absolute atomic E-state index is 13.3. The van der Waals surface area contributed by atoms with Crippen LogP contribution in [-0.2, 0) is 12.0 Å². The van der Waals surface area contributed by atoms with Gasteiger partial charge in [-0.25, -0.2) is 4.79 Å². The summed E-state index contributed by atoms with van der Waals surface area (Å²) < 4.78 is 0. The van der Waals surface area contributed by atoms with E-state index in [1.165, 1.54) is 16.7 Å². The number of fused-ring (bicyclic) bond motifs is 2. The zero-order valence-corrected chi connectivity index (χ0v) is 18.9. The summed E-state index contributed by atoms with van der Waals surface area (Å²) in [5.41, 5.74) is 6.04. The van der Waals surface area contributed by atoms with Gasteiger partial charge in [0.1, 0.15) is 0 Å². The molecule has 0 unspecified atom stereocenters. The van der Waals surface area contributed by atoms with Crippen LogP contribution in [0.2, 0.25) is 0 Å². The van der Waals surface area contributed by atoms with Crippen LogP contribution in [0.15, 0.2) is 72.8 Å². The number of benzene rings is 3. The second-order valence-electron chi connectivity index (χ2n) is 9.27. The highest BCUT2D eigenvalue weighted by Crippen LogP contribution is 2.47. The van der Waals surface area contributed by atoms with Gasteiger partial charge in [0.2, 0.25) is 0 Å². The number of carbonyl (C=O) groups is 1. The lowest BCUT2D eigenvalue weighted by molar-refractivity contribution is 0.160. The van der Waals surface area contributed by atoms with E-state index in [2.05, 4.69) is 71.7 Å². The lowest BCUT2D eigenvalue weighted by atomic mass is 9.74. The van der Waals surface area contributed by atoms with Crippen LogP contribution in [0.25, 0.3) is 0 Å². The van der Waals surface area contributed by atoms with E-state index >= 15 is 0 Å². The second kappa shape index (κ2) is 8.73. The number of aryl methyl sites for hydroxylation is 1. The third kappa shape index (κ3) is 4.22. The van der Waals surface area contributed by atoms with Crippen LogP contribution >= 0.6 is 0 Å². The van der Waals surface area contributed by atoms with E-state index in [-0.39, 0.29) is 11.4 Å². The van der Waals surface area contributed by atoms with E-state index in [0.29, 0.717) is 17.8 Å². The first-order valence-electron chi connectivity index (χ1n) is 11.5. The molecule has 0 aromatic heterocycles. The molecule has 1 fully saturated rings. The Labute approximate surface area is 195 Å². The minimum absolute atomic E-state index is 0.0135. The SMILES string of the molecule is Cc1ccc2c(c1)C1(CCN(Cc3ccccc3)CC1)CN2C(=O)Nc1cccc(C#N)c1. The van der Waals surface area contributed by atoms with Crippen LogP contribution in [0.3, 0.4) is 0 Å². The number of nitrogens with zero attached hydrogens (tertiary/aromatic N) is 3. The van der Waals surface area contributed by atoms with E-state index in [4.69, 9.17) is 5.26 Å². The number of anilines is 2. The average Bonchev–Trinajstić information content (AvgIpc) is 3.15. The number of urea groups is 1. The molecule has 1 saturated heterocycles. The number of nitrogens with one attached hydrogen (secondary N) is 1. The number of hydrogen-bond donors (Lipinski definition) is 1. The van der Waals surface area contributed by atoms with Crippen molar-refractivity contribution >= 4 is 17.4 Å². The van der Waals surface area contributed by atoms with Crippen molar-refractivity contribution in [1.82, 2.24) is 4.90 Å². The first kappa shape index (κ1) is 21.2. The highest BCUT2D eigenvalue weighted by Gasteiger charge is 2.46. The molecular formula is C28H28N4O. The third-order valence-corrected chi connectivity index (χ3v) is 7.03. The van der Waals surface area contributed by atoms with E-state index in [1.807, 2.05) is 11.0 Å². The van der Waals surface area contributed by atoms with Crippen LogP contribution in [0, 0.1) is 18.3 Å². The Bertz CT molecular complexity index is 1210. The van der Waals surface area contributed by atoms with E-state index < -0.39 is 0 Å². The zero-order chi connectivity index (χ0) is 22.8. The number of likely N-dealkylation sites (tertiary alicyclic amines) is 1. The monoisotopic (exact) mass is 436 g/mol. The molecule has 5 rings (SSSR count). The van der Waals surface area contributed by atoms with Crippen molar-refractivity contribution in [1.29, 1.82) is 5.26 Å². The number of nitriles is 1. The second-order valence-corrected chi connectivity index (χ2v) is 9.27. The fourth-order valence-corrected chi connectivity index (χ4v) is 5.23. The minimum atomic E-state index is -0.140. The molecule has 1 N–H and O–H groups in total. The molecule has 2 aliphatic rings. The molecule has 0 atom stereocenters. The van der Waals surface area contributed by atoms with Crippen molar-refractivity contribution in [2.45, 2.75) is 31.7 Å². The molecule has 33 heavy (non-hydrogen) atoms. The maximum Gasteiger partial charge on any atom is 0.326 e. The fraction of sp³-hybridized carbons (Fsp3) is 0.286. The summed E-state index contributed by atoms with van der Waals surface area (Å²) in [7, 11) is 0. The topological polar surface area (TPSA) is 59.4 Å². The average molecular weight is 437 g/mol. The lowest BCUT2D eigenvalue weighted by Crippen LogP contribution is -2.46. The number of piperidine rings is 1. The highest BCUT2D eigenvalue weighted by molar-refractivity contribution is 6.03. The van der Waals surface area contributed by atoms with Crippen LogP contribution < -0.4 is 10.2 Å². The Balaban J connectivity index is 1.35. The van der Waals surface area contributed by atoms with Crippen LogP contribution in [0.5, 0.6) is 0 Å². The van der Waals surface area contributed by atoms with E-state index in [1.54, 1.807) is 18.2 Å². The van der Waals surface area contributed by atoms with Crippen molar-refractivity contribution in [3.8, 4) is 6.07 Å². The first-order valence-corrected chi connectivity index (χ1v) is 11.5. The molecule has 166 valence electrons. The summed E-state index contributed by atoms with van der Waals surface area (Å²) in [6.45, 7) is 5.81. The summed E-state index contributed by atoms with van der Waals surface area (Å²) in [5.74, 6) is 0. The molecule has 3 aromatic rings. The van der Waals surface area contributed by atoms with Gasteiger partial charge in [0, 0.05) is 29.9 Å². The largest absolute Gasteiger partial charge is 0.326 e. The van der Waals surface area contributed by atoms with Crippen molar-refractivity contribution < 1.29 is 4.79 Å². The normalized spacial score (nSPS) is 16.9. The van der Waals surface area contributed by atoms with Gasteiger partial charge in [-0.05, 0) is 68.2 Å². The third-order valence-electron chi connectivity index (χ3n) is 7.03. The predicted octanol–water partition coefficient (Wildman–Crippen LogP) is 5.45. The van der Waals surface area contributed by atoms with Crippen molar-refractivity contribution in [2.75, 3.05) is 29.9 Å². The number of hydrogen-bond acceptors (Lipinski definition) is 3. The molecule has 5 heteroatoms. The Morgan fingerprint density at radius 2 is 1.82 bits per heavy atom. The van der Waals surface area contributed by atoms with Gasteiger partial charge in [-0.15, -0.1) is 0 Å². The summed E-state index contributed by atoms with van der Waals surface area (Å²) in [5, 5.41) is 12.2. The number of carbonyl (C=O) groups excluding carboxylic acids is 1. The molecule has 0 aliphatic carbocycles. The van der Waals surface area contributed by atoms with Gasteiger partial charge in [-0.3, -0.25) is 9.80 Å². The standard InChI is InChI=1S/C28H28N4O/c1-21-10-11-26-25(16-21)28(12-14-31(15-13-28)19-22-6-3-2-4-7-22)20-32(26)27(33)30-24-9-5-8-23(17-24)18-29/h2-11,16-17H,12-15,19-20H2,1H3,(H,30,33). The highest BCUT2D eigenvalue weighted by atomic mass is 16.2. The zero-order valence-electron chi connectivity index (χ0n) is 18.9. The molecule has 2 aliphatic heterocycles. The molecular weight excluding hydrogens is 408 g/mol. The van der Waals surface area contributed by atoms with Gasteiger partial charge < -0.3 is 5.32 Å². The first-order chi connectivity index (χ1) is 16.1. The minimum Gasteiger partial charge on any atom is -0.307 e. The Morgan fingerprint density at radius 3 is 2.58 bits per heavy atom. The summed E-state index contributed by atoms with van der Waals surface area (Å²) >= 11 is 0. The van der Waals surface area contributed by atoms with Crippen LogP contribution in [0.1, 0.15) is 35.1 Å². The van der Waals surface area contributed by atoms with Gasteiger partial charge in [-0.1, -0.05) is 54.1 Å². The van der Waals surface area contributed by atoms with E-state index in [9.17, 15) is 4.79 Å². The molecule has 0 saturated carbocycles. The summed E-state index contributed by atoms with van der Waals surface area (Å²) in [4.78, 5) is 17.7. The molecule has 2 amide bonds. The smallest absolute Gasteiger partial charge is 0.307 e. The fourth-order valence-electron chi connectivity index (χ4n) is 5.23. The van der Waals surface area contributed by atoms with Crippen LogP contribution in [-0.4, -0.2) is 30.6 Å². The summed E-state index contributed by atoms with van der Waals surface area (Å²) in [6, 6.07) is 26.1. The van der Waals surface area contributed by atoms with Gasteiger partial charge >= 0.3 is 6.03 Å². The van der Waals surface area contributed by atoms with Gasteiger partial charge in [-0.2, -0.15) is 5.26 Å².